The van der Waals surface area contributed by atoms with Crippen molar-refractivity contribution >= 4 is 62.7 Å². The van der Waals surface area contributed by atoms with Gasteiger partial charge in [-0.3, -0.25) is 14.1 Å². The van der Waals surface area contributed by atoms with Gasteiger partial charge in [0.2, 0.25) is 3.79 Å². The maximum Gasteiger partial charge on any atom is 0.418 e. The van der Waals surface area contributed by atoms with Gasteiger partial charge < -0.3 is 9.30 Å². The third kappa shape index (κ3) is 3.98. The molecule has 5 rings (SSSR count). The van der Waals surface area contributed by atoms with Gasteiger partial charge in [-0.15, -0.1) is 0 Å². The lowest BCUT2D eigenvalue weighted by Crippen LogP contribution is -2.21. The van der Waals surface area contributed by atoms with E-state index in [9.17, 15) is 14.9 Å². The van der Waals surface area contributed by atoms with E-state index in [4.69, 9.17) is 39.5 Å². The summed E-state index contributed by atoms with van der Waals surface area (Å²) in [4.78, 5) is 28.7. The standard InChI is InChI=1S/C24H16Cl3N5O3/c1-30-11-16(14-6-2-4-8-18(14)30)21-17(10-28)29-22(33)32(21)20-12-31(19-9-5-3-7-15(19)20)23(34)35-13-24(25,26)27/h2-9,11-12H,13H2,1H3,(H,29,33). The van der Waals surface area contributed by atoms with E-state index < -0.39 is 22.2 Å². The number of rotatable bonds is 3. The highest BCUT2D eigenvalue weighted by Crippen LogP contribution is 2.35. The Balaban J connectivity index is 1.77. The van der Waals surface area contributed by atoms with E-state index in [1.54, 1.807) is 24.3 Å². The molecule has 0 saturated carbocycles. The first kappa shape index (κ1) is 23.1. The zero-order valence-corrected chi connectivity index (χ0v) is 20.4. The van der Waals surface area contributed by atoms with E-state index in [-0.39, 0.29) is 5.69 Å². The Morgan fingerprint density at radius 3 is 2.40 bits per heavy atom. The number of para-hydroxylation sites is 2. The minimum Gasteiger partial charge on any atom is -0.444 e. The highest BCUT2D eigenvalue weighted by atomic mass is 35.6. The molecule has 0 spiro atoms. The van der Waals surface area contributed by atoms with Crippen molar-refractivity contribution in [3.05, 3.63) is 77.1 Å². The van der Waals surface area contributed by atoms with E-state index in [0.717, 1.165) is 10.9 Å². The third-order valence-corrected chi connectivity index (χ3v) is 5.97. The smallest absolute Gasteiger partial charge is 0.418 e. The SMILES string of the molecule is Cn1cc(-c2c(C#N)[nH]c(=O)n2-c2cn(C(=O)OCC(Cl)(Cl)Cl)c3ccccc23)c2ccccc21. The van der Waals surface area contributed by atoms with Gasteiger partial charge in [-0.25, -0.2) is 9.59 Å². The molecule has 11 heteroatoms. The van der Waals surface area contributed by atoms with Crippen LogP contribution in [0.1, 0.15) is 5.69 Å². The summed E-state index contributed by atoms with van der Waals surface area (Å²) < 4.78 is 7.93. The fourth-order valence-electron chi connectivity index (χ4n) is 4.24. The van der Waals surface area contributed by atoms with Gasteiger partial charge in [0.15, 0.2) is 0 Å². The Kier molecular flexibility index (Phi) is 5.64. The number of nitrogens with one attached hydrogen (secondary N) is 1. The summed E-state index contributed by atoms with van der Waals surface area (Å²) in [6.07, 6.45) is 2.55. The van der Waals surface area contributed by atoms with Crippen LogP contribution in [0.2, 0.25) is 0 Å². The topological polar surface area (TPSA) is 97.7 Å². The number of hydrogen-bond acceptors (Lipinski definition) is 4. The maximum atomic E-state index is 13.2. The van der Waals surface area contributed by atoms with Crippen LogP contribution in [-0.4, -0.2) is 35.2 Å². The number of nitriles is 1. The first-order valence-corrected chi connectivity index (χ1v) is 11.5. The number of H-pyrrole nitrogens is 1. The molecular formula is C24H16Cl3N5O3. The number of nitrogens with zero attached hydrogens (tertiary/aromatic N) is 4. The van der Waals surface area contributed by atoms with Crippen molar-refractivity contribution in [1.82, 2.24) is 18.7 Å². The van der Waals surface area contributed by atoms with Crippen LogP contribution < -0.4 is 5.69 Å². The van der Waals surface area contributed by atoms with E-state index in [1.807, 2.05) is 42.1 Å². The number of fused-ring (bicyclic) bond motifs is 2. The van der Waals surface area contributed by atoms with Crippen LogP contribution in [0.15, 0.2) is 65.7 Å². The molecule has 3 heterocycles. The summed E-state index contributed by atoms with van der Waals surface area (Å²) in [5.74, 6) is 0. The molecule has 176 valence electrons. The lowest BCUT2D eigenvalue weighted by atomic mass is 10.1. The van der Waals surface area contributed by atoms with Gasteiger partial charge in [-0.1, -0.05) is 71.2 Å². The maximum absolute atomic E-state index is 13.2. The summed E-state index contributed by atoms with van der Waals surface area (Å²) in [7, 11) is 1.89. The highest BCUT2D eigenvalue weighted by Gasteiger charge is 2.26. The molecule has 5 aromatic rings. The minimum atomic E-state index is -1.78. The summed E-state index contributed by atoms with van der Waals surface area (Å²) in [6.45, 7) is -0.456. The van der Waals surface area contributed by atoms with Crippen LogP contribution in [0.5, 0.6) is 0 Å². The van der Waals surface area contributed by atoms with Crippen molar-refractivity contribution in [2.24, 2.45) is 7.05 Å². The highest BCUT2D eigenvalue weighted by molar-refractivity contribution is 6.67. The average molecular weight is 529 g/mol. The van der Waals surface area contributed by atoms with Crippen molar-refractivity contribution in [1.29, 1.82) is 5.26 Å². The second kappa shape index (κ2) is 8.54. The number of aromatic nitrogens is 4. The molecule has 0 aliphatic heterocycles. The van der Waals surface area contributed by atoms with Gasteiger partial charge in [0, 0.05) is 41.3 Å². The monoisotopic (exact) mass is 527 g/mol. The van der Waals surface area contributed by atoms with Crippen molar-refractivity contribution in [2.75, 3.05) is 6.61 Å². The Hall–Kier alpha value is -3.64. The molecule has 0 saturated heterocycles. The molecule has 0 unspecified atom stereocenters. The predicted molar refractivity (Wildman–Crippen MR) is 136 cm³/mol. The summed E-state index contributed by atoms with van der Waals surface area (Å²) in [6, 6.07) is 16.8. The second-order valence-electron chi connectivity index (χ2n) is 7.84. The Labute approximate surface area is 213 Å². The number of carbonyl (C=O) groups is 1. The molecule has 0 amide bonds. The number of alkyl halides is 3. The molecule has 3 aromatic heterocycles. The Morgan fingerprint density at radius 2 is 1.71 bits per heavy atom. The fraction of sp³-hybridized carbons (Fsp3) is 0.125. The summed E-state index contributed by atoms with van der Waals surface area (Å²) in [5, 5.41) is 11.3. The lowest BCUT2D eigenvalue weighted by Gasteiger charge is -2.11. The molecule has 1 N–H and O–H groups in total. The number of hydrogen-bond donors (Lipinski definition) is 1. The molecule has 0 fully saturated rings. The zero-order chi connectivity index (χ0) is 24.9. The lowest BCUT2D eigenvalue weighted by molar-refractivity contribution is 0.151. The number of aryl methyl sites for hydroxylation is 1. The fourth-order valence-corrected chi connectivity index (χ4v) is 4.40. The molecule has 0 radical (unpaired) electrons. The van der Waals surface area contributed by atoms with Crippen LogP contribution in [0.3, 0.4) is 0 Å². The zero-order valence-electron chi connectivity index (χ0n) is 18.1. The molecule has 0 atom stereocenters. The minimum absolute atomic E-state index is 0.0990. The Morgan fingerprint density at radius 1 is 1.06 bits per heavy atom. The van der Waals surface area contributed by atoms with Crippen LogP contribution in [-0.2, 0) is 11.8 Å². The van der Waals surface area contributed by atoms with Gasteiger partial charge in [0.05, 0.1) is 16.9 Å². The van der Waals surface area contributed by atoms with Crippen LogP contribution in [0.25, 0.3) is 38.8 Å². The molecule has 0 bridgehead atoms. The number of imidazole rings is 1. The number of ether oxygens (including phenoxy) is 1. The number of aromatic amines is 1. The molecular weight excluding hydrogens is 513 g/mol. The third-order valence-electron chi connectivity index (χ3n) is 5.65. The van der Waals surface area contributed by atoms with E-state index in [0.29, 0.717) is 27.8 Å². The molecule has 0 aliphatic rings. The van der Waals surface area contributed by atoms with Gasteiger partial charge in [-0.05, 0) is 12.1 Å². The quantitative estimate of drug-likeness (QED) is 0.312. The van der Waals surface area contributed by atoms with Crippen LogP contribution in [0.4, 0.5) is 4.79 Å². The molecule has 8 nitrogen and oxygen atoms in total. The van der Waals surface area contributed by atoms with Crippen LogP contribution >= 0.6 is 34.8 Å². The van der Waals surface area contributed by atoms with Crippen molar-refractivity contribution in [2.45, 2.75) is 3.79 Å². The van der Waals surface area contributed by atoms with Gasteiger partial charge in [-0.2, -0.15) is 5.26 Å². The van der Waals surface area contributed by atoms with Gasteiger partial charge >= 0.3 is 11.8 Å². The average Bonchev–Trinajstić information content (AvgIpc) is 3.48. The Bertz CT molecular complexity index is 1710. The normalized spacial score (nSPS) is 11.7. The molecule has 0 aliphatic carbocycles. The first-order valence-electron chi connectivity index (χ1n) is 10.3. The van der Waals surface area contributed by atoms with Crippen molar-refractivity contribution in [3.8, 4) is 23.0 Å². The van der Waals surface area contributed by atoms with Crippen molar-refractivity contribution in [3.63, 3.8) is 0 Å². The number of benzene rings is 2. The van der Waals surface area contributed by atoms with E-state index in [2.05, 4.69) is 11.1 Å². The number of carbonyl (C=O) groups excluding carboxylic acids is 1. The number of halogens is 3. The second-order valence-corrected chi connectivity index (χ2v) is 10.4. The summed E-state index contributed by atoms with van der Waals surface area (Å²) in [5.41, 5.74) is 2.44. The summed E-state index contributed by atoms with van der Waals surface area (Å²) >= 11 is 17.2. The van der Waals surface area contributed by atoms with Gasteiger partial charge in [0.1, 0.15) is 18.4 Å². The molecule has 2 aromatic carbocycles. The predicted octanol–water partition coefficient (Wildman–Crippen LogP) is 5.51. The van der Waals surface area contributed by atoms with Gasteiger partial charge in [0.25, 0.3) is 0 Å². The first-order chi connectivity index (χ1) is 16.7. The van der Waals surface area contributed by atoms with E-state index in [1.165, 1.54) is 15.3 Å². The van der Waals surface area contributed by atoms with E-state index >= 15 is 0 Å². The largest absolute Gasteiger partial charge is 0.444 e. The molecule has 35 heavy (non-hydrogen) atoms. The van der Waals surface area contributed by atoms with Crippen LogP contribution in [0, 0.1) is 11.3 Å². The van der Waals surface area contributed by atoms with Crippen molar-refractivity contribution < 1.29 is 9.53 Å².